The van der Waals surface area contributed by atoms with Gasteiger partial charge in [-0.15, -0.1) is 0 Å². The summed E-state index contributed by atoms with van der Waals surface area (Å²) in [6, 6.07) is 3.55. The summed E-state index contributed by atoms with van der Waals surface area (Å²) in [7, 11) is 8.92. The van der Waals surface area contributed by atoms with Crippen molar-refractivity contribution in [1.29, 1.82) is 0 Å². The number of hydrogen-bond donors (Lipinski definition) is 2. The number of aliphatic hydroxyl groups is 1. The maximum atomic E-state index is 13.8. The van der Waals surface area contributed by atoms with Crippen LogP contribution in [0.1, 0.15) is 456 Å². The molecule has 0 spiro atoms. The van der Waals surface area contributed by atoms with E-state index in [0.717, 1.165) is 151 Å². The highest BCUT2D eigenvalue weighted by Crippen LogP contribution is 2.65. The molecule has 18 fully saturated rings. The monoisotopic (exact) mass is 1820 g/mol. The predicted octanol–water partition coefficient (Wildman–Crippen LogP) is 22.9. The van der Waals surface area contributed by atoms with Crippen LogP contribution in [0.5, 0.6) is 0 Å². The number of nitrogens with zero attached hydrogens (tertiary/aromatic N) is 7. The van der Waals surface area contributed by atoms with Crippen molar-refractivity contribution < 1.29 is 47.1 Å². The summed E-state index contributed by atoms with van der Waals surface area (Å²) in [6.07, 6.45) is 84.3. The first kappa shape index (κ1) is 103. The van der Waals surface area contributed by atoms with Crippen molar-refractivity contribution in [2.45, 2.75) is 510 Å². The van der Waals surface area contributed by atoms with Crippen molar-refractivity contribution in [1.82, 2.24) is 39.0 Å². The molecule has 18 aliphatic rings. The molecule has 7 amide bonds. The van der Waals surface area contributed by atoms with Gasteiger partial charge in [-0.1, -0.05) is 174 Å². The molecule has 0 aliphatic heterocycles. The van der Waals surface area contributed by atoms with Crippen molar-refractivity contribution >= 4 is 51.4 Å². The number of amides is 7. The molecule has 18 aliphatic carbocycles. The molecule has 0 atom stereocenters. The molecule has 129 heavy (non-hydrogen) atoms. The first-order valence-corrected chi connectivity index (χ1v) is 57.6. The van der Waals surface area contributed by atoms with Crippen LogP contribution < -0.4 is 4.72 Å². The van der Waals surface area contributed by atoms with E-state index in [1.807, 2.05) is 45.0 Å². The van der Waals surface area contributed by atoms with Gasteiger partial charge in [0, 0.05) is 145 Å². The van der Waals surface area contributed by atoms with Crippen molar-refractivity contribution in [3.8, 4) is 0 Å². The van der Waals surface area contributed by atoms with Gasteiger partial charge in [-0.3, -0.25) is 33.6 Å². The molecule has 0 saturated heterocycles. The number of nitrogens with one attached hydrogen (secondary N) is 1. The van der Waals surface area contributed by atoms with Crippen LogP contribution in [-0.4, -0.2) is 198 Å². The van der Waals surface area contributed by atoms with E-state index in [-0.39, 0.29) is 46.7 Å². The van der Waals surface area contributed by atoms with Gasteiger partial charge in [-0.05, 0) is 329 Å². The van der Waals surface area contributed by atoms with E-state index in [0.29, 0.717) is 140 Å². The van der Waals surface area contributed by atoms with Crippen LogP contribution in [0.2, 0.25) is 0 Å². The summed E-state index contributed by atoms with van der Waals surface area (Å²) in [5, 5.41) is 8.94. The molecule has 0 unspecified atom stereocenters. The molecule has 736 valence electrons. The van der Waals surface area contributed by atoms with Crippen molar-refractivity contribution in [3.63, 3.8) is 0 Å². The smallest absolute Gasteiger partial charge is 0.226 e. The maximum Gasteiger partial charge on any atom is 0.226 e. The lowest BCUT2D eigenvalue weighted by atomic mass is 9.45. The lowest BCUT2D eigenvalue weighted by Gasteiger charge is -2.60. The Hall–Kier alpha value is -3.84. The lowest BCUT2D eigenvalue weighted by Crippen LogP contribution is -2.52. The van der Waals surface area contributed by atoms with E-state index < -0.39 is 10.0 Å². The van der Waals surface area contributed by atoms with Gasteiger partial charge in [-0.25, -0.2) is 13.1 Å². The van der Waals surface area contributed by atoms with E-state index in [1.165, 1.54) is 270 Å². The fraction of sp³-hybridized carbons (Fsp3) is 0.936. The molecule has 0 radical (unpaired) electrons. The van der Waals surface area contributed by atoms with Crippen LogP contribution in [0.15, 0.2) is 0 Å². The number of hydrogen-bond acceptors (Lipinski definition) is 10. The van der Waals surface area contributed by atoms with Crippen LogP contribution in [0, 0.1) is 88.3 Å². The molecular weight excluding hydrogens is 1630 g/mol. The average Bonchev–Trinajstić information content (AvgIpc) is 0.733. The van der Waals surface area contributed by atoms with Gasteiger partial charge in [0.25, 0.3) is 0 Å². The highest BCUT2D eigenvalue weighted by atomic mass is 32.2. The predicted molar refractivity (Wildman–Crippen MR) is 522 cm³/mol. The van der Waals surface area contributed by atoms with Gasteiger partial charge in [0.05, 0.1) is 5.25 Å². The third-order valence-corrected chi connectivity index (χ3v) is 40.7. The Labute approximate surface area is 786 Å². The number of sulfonamides is 1. The first-order chi connectivity index (χ1) is 62.5. The zero-order valence-electron chi connectivity index (χ0n) is 83.4. The average molecular weight is 1820 g/mol. The summed E-state index contributed by atoms with van der Waals surface area (Å²) in [4.78, 5) is 106. The van der Waals surface area contributed by atoms with Crippen molar-refractivity contribution in [2.24, 2.45) is 88.3 Å². The molecule has 0 aromatic heterocycles. The zero-order valence-corrected chi connectivity index (χ0v) is 84.2. The van der Waals surface area contributed by atoms with Gasteiger partial charge in [0.1, 0.15) is 0 Å². The standard InChI is InChI=1S/C27H46N2O2.C24H39NO.C22H38N2O2.C21H37NO2.C16H30N2O3S/c1-28(26(30)21-11-5-2-6-12-21)23-19-17-22(18-20-23)27(31)29(24-13-7-3-8-14-24)25-15-9-4-10-16-25;1-25(22-5-3-2-4-6-22)23(26)20-7-9-21(10-8-20)24-14-17-11-18(15-24)13-19(12-17)16-24;1-23(19-11-7-4-8-12-19)22(26)18-13-15-20(16-14-18)24(2)21(25)17-9-5-3-6-10-17;1-22(21(24)19-9-7-16(15-23)8-10-19)20-13-11-18(12-14-20)17-5-3-2-4-6-17;1-3-17-22(20,21)15-11-9-13(10-12-15)16(19)18(2)14-7-5-4-6-8-14/h21-25H,2-20H2,1H3;17-22H,2-16H2,1H3;17-20H,3-16H2,1-2H3;16-20,23H,2-15H2,1H3;13-15,17H,3-12H2,1-2H3. The molecule has 0 aromatic rings. The molecule has 18 rings (SSSR count). The summed E-state index contributed by atoms with van der Waals surface area (Å²) >= 11 is 0. The molecule has 4 bridgehead atoms. The second-order valence-electron chi connectivity index (χ2n) is 46.8. The van der Waals surface area contributed by atoms with E-state index in [9.17, 15) is 47.1 Å². The quantitative estimate of drug-likeness (QED) is 0.111. The minimum absolute atomic E-state index is 0.0139. The second kappa shape index (κ2) is 51.0. The van der Waals surface area contributed by atoms with Gasteiger partial charge < -0.3 is 39.4 Å². The summed E-state index contributed by atoms with van der Waals surface area (Å²) in [6.45, 7) is 2.53. The van der Waals surface area contributed by atoms with Gasteiger partial charge in [-0.2, -0.15) is 0 Å². The Morgan fingerprint density at radius 1 is 0.271 bits per heavy atom. The van der Waals surface area contributed by atoms with Crippen LogP contribution in [0.4, 0.5) is 0 Å². The first-order valence-electron chi connectivity index (χ1n) is 56.0. The SMILES string of the molecule is CCNS(=O)(=O)C1CCC(C(=O)N(C)C2CCCCC2)CC1.CN(C(=O)C1CCC(C23CC4CC(CC(C4)C2)C3)CC1)C1CCCCC1.CN(C(=O)C1CCC(CO)CC1)C1CCC(C2CCCCC2)CC1.CN(C(=O)C1CCC(N(C)C(=O)C2CCCCC2)CC1)C1CCCCC1.CN(C(=O)C1CCCCC1)C1CCC(C(=O)N(C2CCCCC2)C2CCCCC2)CC1. The Kier molecular flexibility index (Phi) is 40.5. The van der Waals surface area contributed by atoms with Gasteiger partial charge in [0.2, 0.25) is 51.4 Å². The molecule has 19 heteroatoms. The topological polar surface area (TPSA) is 209 Å². The fourth-order valence-corrected chi connectivity index (χ4v) is 32.2. The summed E-state index contributed by atoms with van der Waals surface area (Å²) < 4.78 is 26.7. The molecule has 18 nitrogen and oxygen atoms in total. The van der Waals surface area contributed by atoms with Crippen molar-refractivity contribution in [3.05, 3.63) is 0 Å². The molecule has 0 heterocycles. The van der Waals surface area contributed by atoms with E-state index >= 15 is 0 Å². The molecular formula is C110H190N8O10S. The largest absolute Gasteiger partial charge is 0.396 e. The van der Waals surface area contributed by atoms with Crippen LogP contribution in [-0.2, 0) is 43.6 Å². The minimum Gasteiger partial charge on any atom is -0.396 e. The van der Waals surface area contributed by atoms with E-state index in [1.54, 1.807) is 45.4 Å². The van der Waals surface area contributed by atoms with Crippen LogP contribution in [0.25, 0.3) is 0 Å². The number of carbonyl (C=O) groups is 7. The highest BCUT2D eigenvalue weighted by Gasteiger charge is 2.55. The Morgan fingerprint density at radius 3 is 0.806 bits per heavy atom. The normalized spacial score (nSPS) is 33.3. The van der Waals surface area contributed by atoms with Gasteiger partial charge >= 0.3 is 0 Å². The highest BCUT2D eigenvalue weighted by molar-refractivity contribution is 7.90. The fourth-order valence-electron chi connectivity index (χ4n) is 30.6. The Balaban J connectivity index is 0.000000138. The lowest BCUT2D eigenvalue weighted by molar-refractivity contribution is -0.145. The molecule has 0 aromatic carbocycles. The maximum absolute atomic E-state index is 13.8. The number of carbonyl (C=O) groups excluding carboxylic acids is 7. The third kappa shape index (κ3) is 28.0. The summed E-state index contributed by atoms with van der Waals surface area (Å²) in [5.41, 5.74) is 0.706. The third-order valence-electron chi connectivity index (χ3n) is 38.6. The number of aliphatic hydroxyl groups excluding tert-OH is 1. The van der Waals surface area contributed by atoms with Crippen LogP contribution >= 0.6 is 0 Å². The zero-order chi connectivity index (χ0) is 91.0. The summed E-state index contributed by atoms with van der Waals surface area (Å²) in [5.74, 6) is 10.6. The Bertz CT molecular complexity index is 3430. The van der Waals surface area contributed by atoms with Crippen molar-refractivity contribution in [2.75, 3.05) is 55.4 Å². The Morgan fingerprint density at radius 2 is 0.504 bits per heavy atom. The number of rotatable bonds is 21. The second-order valence-corrected chi connectivity index (χ2v) is 48.8. The molecule has 18 saturated carbocycles. The van der Waals surface area contributed by atoms with E-state index in [2.05, 4.69) is 36.3 Å². The van der Waals surface area contributed by atoms with E-state index in [4.69, 9.17) is 0 Å². The van der Waals surface area contributed by atoms with Crippen LogP contribution in [0.3, 0.4) is 0 Å². The van der Waals surface area contributed by atoms with Gasteiger partial charge in [0.15, 0.2) is 0 Å². The minimum atomic E-state index is -3.20. The molecule has 2 N–H and O–H groups in total.